The van der Waals surface area contributed by atoms with Gasteiger partial charge in [-0.1, -0.05) is 0 Å². The number of anilines is 1. The predicted molar refractivity (Wildman–Crippen MR) is 62.8 cm³/mol. The zero-order valence-electron chi connectivity index (χ0n) is 9.35. The molecule has 1 heterocycles. The van der Waals surface area contributed by atoms with E-state index in [-0.39, 0.29) is 5.57 Å². The van der Waals surface area contributed by atoms with Crippen molar-refractivity contribution in [1.29, 1.82) is 0 Å². The van der Waals surface area contributed by atoms with E-state index in [0.717, 1.165) is 0 Å². The molecule has 2 rings (SSSR count). The van der Waals surface area contributed by atoms with Crippen LogP contribution >= 0.6 is 0 Å². The van der Waals surface area contributed by atoms with Gasteiger partial charge in [0, 0.05) is 11.3 Å². The maximum atomic E-state index is 11.7. The number of methoxy groups -OCH3 is 1. The number of carboxylic acids is 1. The summed E-state index contributed by atoms with van der Waals surface area (Å²) < 4.78 is 5.01. The van der Waals surface area contributed by atoms with Gasteiger partial charge in [-0.25, -0.2) is 4.85 Å². The number of benzene rings is 1. The van der Waals surface area contributed by atoms with Crippen molar-refractivity contribution in [3.05, 3.63) is 40.9 Å². The molecule has 0 saturated heterocycles. The van der Waals surface area contributed by atoms with Gasteiger partial charge < -0.3 is 15.2 Å². The van der Waals surface area contributed by atoms with Crippen LogP contribution in [0.5, 0.6) is 5.75 Å². The van der Waals surface area contributed by atoms with Gasteiger partial charge in [-0.2, -0.15) is 0 Å². The molecule has 1 aliphatic rings. The van der Waals surface area contributed by atoms with Gasteiger partial charge >= 0.3 is 5.97 Å². The van der Waals surface area contributed by atoms with E-state index in [1.807, 2.05) is 0 Å². The van der Waals surface area contributed by atoms with E-state index in [4.69, 9.17) is 16.4 Å². The summed E-state index contributed by atoms with van der Waals surface area (Å²) in [4.78, 5) is 25.6. The van der Waals surface area contributed by atoms with Gasteiger partial charge in [0.25, 0.3) is 5.70 Å². The summed E-state index contributed by atoms with van der Waals surface area (Å²) in [6.45, 7) is 6.86. The molecule has 0 spiro atoms. The number of fused-ring (bicyclic) bond motifs is 1. The SMILES string of the molecule is [C-]#[N+]C(C(=O)O)=C1C(=O)Nc2ccc(OC)cc21. The maximum Gasteiger partial charge on any atom is 0.334 e. The molecule has 0 aromatic heterocycles. The number of aliphatic carboxylic acids is 1. The van der Waals surface area contributed by atoms with Crippen molar-refractivity contribution in [1.82, 2.24) is 0 Å². The molecule has 0 bridgehead atoms. The number of nitrogens with one attached hydrogen (secondary N) is 1. The van der Waals surface area contributed by atoms with Crippen LogP contribution < -0.4 is 10.1 Å². The number of hydrogen-bond donors (Lipinski definition) is 2. The van der Waals surface area contributed by atoms with Crippen LogP contribution in [0.2, 0.25) is 0 Å². The molecule has 1 amide bonds. The summed E-state index contributed by atoms with van der Waals surface area (Å²) >= 11 is 0. The minimum absolute atomic E-state index is 0.133. The number of carbonyl (C=O) groups excluding carboxylic acids is 1. The second kappa shape index (κ2) is 4.22. The van der Waals surface area contributed by atoms with Crippen molar-refractivity contribution < 1.29 is 19.4 Å². The molecule has 1 aliphatic heterocycles. The lowest BCUT2D eigenvalue weighted by Gasteiger charge is -2.03. The molecule has 0 radical (unpaired) electrons. The summed E-state index contributed by atoms with van der Waals surface area (Å²) in [5, 5.41) is 11.4. The van der Waals surface area contributed by atoms with Crippen molar-refractivity contribution in [2.45, 2.75) is 0 Å². The molecular formula is C12H8N2O4. The molecule has 0 aliphatic carbocycles. The molecular weight excluding hydrogens is 236 g/mol. The minimum Gasteiger partial charge on any atom is -0.497 e. The van der Waals surface area contributed by atoms with Crippen LogP contribution in [0.1, 0.15) is 5.56 Å². The molecule has 0 atom stereocenters. The Kier molecular flexibility index (Phi) is 2.73. The average molecular weight is 244 g/mol. The normalized spacial score (nSPS) is 15.4. The fraction of sp³-hybridized carbons (Fsp3) is 0.0833. The molecule has 0 saturated carbocycles. The molecule has 0 unspecified atom stereocenters. The molecule has 1 aromatic rings. The highest BCUT2D eigenvalue weighted by Crippen LogP contribution is 2.36. The van der Waals surface area contributed by atoms with Crippen LogP contribution in [0.3, 0.4) is 0 Å². The summed E-state index contributed by atoms with van der Waals surface area (Å²) in [5.41, 5.74) is 0.108. The van der Waals surface area contributed by atoms with Gasteiger partial charge in [0.15, 0.2) is 0 Å². The Balaban J connectivity index is 2.71. The van der Waals surface area contributed by atoms with Crippen LogP contribution in [-0.2, 0) is 9.59 Å². The first kappa shape index (κ1) is 11.7. The van der Waals surface area contributed by atoms with E-state index in [0.29, 0.717) is 17.0 Å². The highest BCUT2D eigenvalue weighted by Gasteiger charge is 2.30. The second-order valence-corrected chi connectivity index (χ2v) is 3.51. The lowest BCUT2D eigenvalue weighted by Crippen LogP contribution is -2.09. The van der Waals surface area contributed by atoms with Crippen LogP contribution in [0, 0.1) is 6.57 Å². The topological polar surface area (TPSA) is 80.0 Å². The highest BCUT2D eigenvalue weighted by atomic mass is 16.5. The van der Waals surface area contributed by atoms with Gasteiger partial charge in [-0.05, 0) is 18.2 Å². The third-order valence-electron chi connectivity index (χ3n) is 2.52. The third kappa shape index (κ3) is 1.68. The Labute approximate surface area is 102 Å². The van der Waals surface area contributed by atoms with Crippen molar-refractivity contribution >= 4 is 23.1 Å². The fourth-order valence-electron chi connectivity index (χ4n) is 1.72. The molecule has 18 heavy (non-hydrogen) atoms. The van der Waals surface area contributed by atoms with Crippen molar-refractivity contribution in [2.24, 2.45) is 0 Å². The van der Waals surface area contributed by atoms with Gasteiger partial charge in [-0.3, -0.25) is 9.59 Å². The van der Waals surface area contributed by atoms with Crippen molar-refractivity contribution in [3.63, 3.8) is 0 Å². The number of amides is 1. The van der Waals surface area contributed by atoms with E-state index in [1.165, 1.54) is 13.2 Å². The summed E-state index contributed by atoms with van der Waals surface area (Å²) in [7, 11) is 1.46. The van der Waals surface area contributed by atoms with Crippen LogP contribution in [-0.4, -0.2) is 24.1 Å². The summed E-state index contributed by atoms with van der Waals surface area (Å²) in [6.07, 6.45) is 0. The van der Waals surface area contributed by atoms with E-state index >= 15 is 0 Å². The van der Waals surface area contributed by atoms with Crippen molar-refractivity contribution in [2.75, 3.05) is 12.4 Å². The first-order chi connectivity index (χ1) is 8.58. The van der Waals surface area contributed by atoms with Gasteiger partial charge in [0.05, 0.1) is 19.3 Å². The van der Waals surface area contributed by atoms with Gasteiger partial charge in [0.2, 0.25) is 5.91 Å². The van der Waals surface area contributed by atoms with Gasteiger partial charge in [-0.15, -0.1) is 0 Å². The largest absolute Gasteiger partial charge is 0.497 e. The van der Waals surface area contributed by atoms with E-state index in [2.05, 4.69) is 10.2 Å². The molecule has 1 aromatic carbocycles. The van der Waals surface area contributed by atoms with Crippen LogP contribution in [0.15, 0.2) is 23.9 Å². The molecule has 2 N–H and O–H groups in total. The first-order valence-electron chi connectivity index (χ1n) is 4.93. The summed E-state index contributed by atoms with van der Waals surface area (Å²) in [6, 6.07) is 4.76. The molecule has 6 heteroatoms. The number of rotatable bonds is 2. The fourth-order valence-corrected chi connectivity index (χ4v) is 1.72. The average Bonchev–Trinajstić information content (AvgIpc) is 2.66. The number of nitrogens with zero attached hydrogens (tertiary/aromatic N) is 1. The van der Waals surface area contributed by atoms with Gasteiger partial charge in [0.1, 0.15) is 5.75 Å². The molecule has 0 fully saturated rings. The van der Waals surface area contributed by atoms with Crippen LogP contribution in [0.4, 0.5) is 5.69 Å². The van der Waals surface area contributed by atoms with E-state index < -0.39 is 17.6 Å². The Morgan fingerprint density at radius 2 is 2.22 bits per heavy atom. The van der Waals surface area contributed by atoms with Crippen LogP contribution in [0.25, 0.3) is 10.4 Å². The zero-order chi connectivity index (χ0) is 13.3. The zero-order valence-corrected chi connectivity index (χ0v) is 9.35. The Morgan fingerprint density at radius 3 is 2.78 bits per heavy atom. The summed E-state index contributed by atoms with van der Waals surface area (Å²) in [5.74, 6) is -1.53. The lowest BCUT2D eigenvalue weighted by atomic mass is 10.0. The monoisotopic (exact) mass is 244 g/mol. The van der Waals surface area contributed by atoms with E-state index in [1.54, 1.807) is 12.1 Å². The Morgan fingerprint density at radius 1 is 1.50 bits per heavy atom. The second-order valence-electron chi connectivity index (χ2n) is 3.51. The molecule has 90 valence electrons. The smallest absolute Gasteiger partial charge is 0.334 e. The number of ether oxygens (including phenoxy) is 1. The predicted octanol–water partition coefficient (Wildman–Crippen LogP) is 1.36. The first-order valence-corrected chi connectivity index (χ1v) is 4.93. The molecule has 6 nitrogen and oxygen atoms in total. The minimum atomic E-state index is -1.43. The lowest BCUT2D eigenvalue weighted by molar-refractivity contribution is -0.132. The van der Waals surface area contributed by atoms with Crippen molar-refractivity contribution in [3.8, 4) is 5.75 Å². The Hall–Kier alpha value is -2.81. The maximum absolute atomic E-state index is 11.7. The van der Waals surface area contributed by atoms with E-state index in [9.17, 15) is 9.59 Å². The highest BCUT2D eigenvalue weighted by molar-refractivity contribution is 6.35. The number of carboxylic acid groups (broad SMARTS) is 1. The quantitative estimate of drug-likeness (QED) is 0.608. The Bertz CT molecular complexity index is 625. The third-order valence-corrected chi connectivity index (χ3v) is 2.52. The number of carbonyl (C=O) groups is 2. The number of hydrogen-bond acceptors (Lipinski definition) is 3. The standard InChI is InChI=1S/C12H8N2O4/c1-13-10(12(16)17)9-7-5-6(18-2)3-4-8(7)14-11(9)15/h3-5H,2H3,(H,14,15)(H,16,17).